The highest BCUT2D eigenvalue weighted by molar-refractivity contribution is 5.82. The molecular formula is C12H13N3O3. The minimum atomic E-state index is -0.424. The quantitative estimate of drug-likeness (QED) is 0.650. The highest BCUT2D eigenvalue weighted by atomic mass is 16.6. The monoisotopic (exact) mass is 247 g/mol. The molecule has 1 aliphatic heterocycles. The summed E-state index contributed by atoms with van der Waals surface area (Å²) in [5.74, 6) is 0.383. The minimum absolute atomic E-state index is 0.0375. The Morgan fingerprint density at radius 3 is 2.89 bits per heavy atom. The number of piperidine rings is 1. The third kappa shape index (κ3) is 1.84. The summed E-state index contributed by atoms with van der Waals surface area (Å²) in [6.45, 7) is 1.96. The lowest BCUT2D eigenvalue weighted by Crippen LogP contribution is -2.26. The number of nitro groups is 1. The van der Waals surface area contributed by atoms with E-state index in [1.54, 1.807) is 6.07 Å². The zero-order valence-electron chi connectivity index (χ0n) is 9.76. The lowest BCUT2D eigenvalue weighted by molar-refractivity contribution is -0.384. The first-order valence-electron chi connectivity index (χ1n) is 6.00. The molecule has 0 aliphatic carbocycles. The van der Waals surface area contributed by atoms with Crippen LogP contribution in [0, 0.1) is 10.1 Å². The molecule has 6 nitrogen and oxygen atoms in total. The second-order valence-corrected chi connectivity index (χ2v) is 4.53. The van der Waals surface area contributed by atoms with Crippen LogP contribution in [-0.2, 0) is 0 Å². The number of hydrogen-bond acceptors (Lipinski definition) is 5. The van der Waals surface area contributed by atoms with Crippen LogP contribution in [0.2, 0.25) is 0 Å². The van der Waals surface area contributed by atoms with E-state index in [0.717, 1.165) is 37.0 Å². The molecule has 1 aromatic carbocycles. The lowest BCUT2D eigenvalue weighted by atomic mass is 9.92. The molecule has 1 aliphatic rings. The van der Waals surface area contributed by atoms with Crippen LogP contribution in [0.15, 0.2) is 22.7 Å². The zero-order valence-corrected chi connectivity index (χ0v) is 9.76. The van der Waals surface area contributed by atoms with Crippen LogP contribution in [0.25, 0.3) is 11.0 Å². The molecule has 1 fully saturated rings. The smallest absolute Gasteiger partial charge is 0.273 e. The number of aromatic nitrogens is 1. The third-order valence-electron chi connectivity index (χ3n) is 3.42. The van der Waals surface area contributed by atoms with Gasteiger partial charge in [-0.2, -0.15) is 0 Å². The summed E-state index contributed by atoms with van der Waals surface area (Å²) in [6, 6.07) is 4.68. The molecule has 0 radical (unpaired) electrons. The Morgan fingerprint density at radius 2 is 2.17 bits per heavy atom. The van der Waals surface area contributed by atoms with E-state index in [4.69, 9.17) is 4.52 Å². The van der Waals surface area contributed by atoms with Crippen LogP contribution in [0.4, 0.5) is 5.69 Å². The van der Waals surface area contributed by atoms with Crippen molar-refractivity contribution in [2.45, 2.75) is 18.8 Å². The predicted octanol–water partition coefficient (Wildman–Crippen LogP) is 2.20. The van der Waals surface area contributed by atoms with Crippen molar-refractivity contribution >= 4 is 16.7 Å². The zero-order chi connectivity index (χ0) is 12.5. The summed E-state index contributed by atoms with van der Waals surface area (Å²) < 4.78 is 5.22. The molecule has 0 saturated carbocycles. The highest BCUT2D eigenvalue weighted by Gasteiger charge is 2.22. The van der Waals surface area contributed by atoms with Crippen LogP contribution in [0.1, 0.15) is 24.5 Å². The van der Waals surface area contributed by atoms with Crippen molar-refractivity contribution in [1.29, 1.82) is 0 Å². The van der Waals surface area contributed by atoms with E-state index in [0.29, 0.717) is 11.5 Å². The van der Waals surface area contributed by atoms with Gasteiger partial charge in [-0.15, -0.1) is 0 Å². The number of non-ortho nitro benzene ring substituents is 1. The Labute approximate surface area is 103 Å². The van der Waals surface area contributed by atoms with Gasteiger partial charge in [0.2, 0.25) is 0 Å². The Hall–Kier alpha value is -1.95. The Morgan fingerprint density at radius 1 is 1.39 bits per heavy atom. The molecule has 18 heavy (non-hydrogen) atoms. The maximum atomic E-state index is 10.7. The van der Waals surface area contributed by atoms with Gasteiger partial charge in [0.1, 0.15) is 0 Å². The van der Waals surface area contributed by atoms with Crippen molar-refractivity contribution in [1.82, 2.24) is 10.5 Å². The van der Waals surface area contributed by atoms with Gasteiger partial charge in [0.15, 0.2) is 5.58 Å². The second-order valence-electron chi connectivity index (χ2n) is 4.53. The molecular weight excluding hydrogens is 234 g/mol. The summed E-state index contributed by atoms with van der Waals surface area (Å²) in [6.07, 6.45) is 2.05. The van der Waals surface area contributed by atoms with E-state index < -0.39 is 4.92 Å². The SMILES string of the molecule is O=[N+]([O-])c1ccc2c(C3CCNCC3)noc2c1. The van der Waals surface area contributed by atoms with Crippen molar-refractivity contribution in [3.63, 3.8) is 0 Å². The van der Waals surface area contributed by atoms with Gasteiger partial charge in [-0.1, -0.05) is 5.16 Å². The molecule has 1 N–H and O–H groups in total. The fourth-order valence-electron chi connectivity index (χ4n) is 2.45. The van der Waals surface area contributed by atoms with Crippen molar-refractivity contribution in [3.8, 4) is 0 Å². The first-order chi connectivity index (χ1) is 8.75. The van der Waals surface area contributed by atoms with E-state index in [-0.39, 0.29) is 5.69 Å². The summed E-state index contributed by atoms with van der Waals surface area (Å²) in [7, 11) is 0. The standard InChI is InChI=1S/C12H13N3O3/c16-15(17)9-1-2-10-11(7-9)18-14-12(10)8-3-5-13-6-4-8/h1-2,7-8,13H,3-6H2. The third-order valence-corrected chi connectivity index (χ3v) is 3.42. The number of rotatable bonds is 2. The fourth-order valence-corrected chi connectivity index (χ4v) is 2.45. The van der Waals surface area contributed by atoms with E-state index in [2.05, 4.69) is 10.5 Å². The van der Waals surface area contributed by atoms with Crippen molar-refractivity contribution in [2.75, 3.05) is 13.1 Å². The highest BCUT2D eigenvalue weighted by Crippen LogP contribution is 2.32. The van der Waals surface area contributed by atoms with Crippen LogP contribution in [-0.4, -0.2) is 23.2 Å². The summed E-state index contributed by atoms with van der Waals surface area (Å²) in [5, 5.41) is 19.0. The number of nitrogens with zero attached hydrogens (tertiary/aromatic N) is 2. The van der Waals surface area contributed by atoms with E-state index in [9.17, 15) is 10.1 Å². The molecule has 2 aromatic rings. The number of hydrogen-bond donors (Lipinski definition) is 1. The topological polar surface area (TPSA) is 81.2 Å². The molecule has 6 heteroatoms. The fraction of sp³-hybridized carbons (Fsp3) is 0.417. The van der Waals surface area contributed by atoms with Crippen LogP contribution in [0.5, 0.6) is 0 Å². The number of fused-ring (bicyclic) bond motifs is 1. The van der Waals surface area contributed by atoms with Gasteiger partial charge in [0, 0.05) is 17.4 Å². The van der Waals surface area contributed by atoms with Crippen LogP contribution >= 0.6 is 0 Å². The average Bonchev–Trinajstić information content (AvgIpc) is 2.82. The predicted molar refractivity (Wildman–Crippen MR) is 65.5 cm³/mol. The molecule has 2 heterocycles. The molecule has 3 rings (SSSR count). The molecule has 94 valence electrons. The van der Waals surface area contributed by atoms with Crippen molar-refractivity contribution in [3.05, 3.63) is 34.0 Å². The average molecular weight is 247 g/mol. The molecule has 0 amide bonds. The molecule has 1 aromatic heterocycles. The Bertz CT molecular complexity index is 587. The maximum Gasteiger partial charge on any atom is 0.273 e. The Kier molecular flexibility index (Phi) is 2.71. The molecule has 0 bridgehead atoms. The second kappa shape index (κ2) is 4.38. The van der Waals surface area contributed by atoms with Gasteiger partial charge in [0.05, 0.1) is 16.7 Å². The van der Waals surface area contributed by atoms with Gasteiger partial charge in [0.25, 0.3) is 5.69 Å². The van der Waals surface area contributed by atoms with Gasteiger partial charge in [-0.3, -0.25) is 10.1 Å². The van der Waals surface area contributed by atoms with Crippen LogP contribution < -0.4 is 5.32 Å². The van der Waals surface area contributed by atoms with E-state index in [1.165, 1.54) is 12.1 Å². The van der Waals surface area contributed by atoms with Gasteiger partial charge in [-0.25, -0.2) is 0 Å². The largest absolute Gasteiger partial charge is 0.356 e. The molecule has 0 atom stereocenters. The first kappa shape index (κ1) is 11.2. The normalized spacial score (nSPS) is 17.1. The summed E-state index contributed by atoms with van der Waals surface area (Å²) in [5.41, 5.74) is 1.47. The van der Waals surface area contributed by atoms with Crippen LogP contribution in [0.3, 0.4) is 0 Å². The summed E-state index contributed by atoms with van der Waals surface area (Å²) in [4.78, 5) is 10.3. The molecule has 0 unspecified atom stereocenters. The van der Waals surface area contributed by atoms with Gasteiger partial charge in [-0.05, 0) is 32.0 Å². The minimum Gasteiger partial charge on any atom is -0.356 e. The van der Waals surface area contributed by atoms with Gasteiger partial charge < -0.3 is 9.84 Å². The lowest BCUT2D eigenvalue weighted by Gasteiger charge is -2.20. The van der Waals surface area contributed by atoms with Crippen molar-refractivity contribution in [2.24, 2.45) is 0 Å². The molecule has 1 saturated heterocycles. The van der Waals surface area contributed by atoms with Crippen molar-refractivity contribution < 1.29 is 9.45 Å². The van der Waals surface area contributed by atoms with Gasteiger partial charge >= 0.3 is 0 Å². The number of nitro benzene ring substituents is 1. The first-order valence-corrected chi connectivity index (χ1v) is 6.00. The number of benzene rings is 1. The van der Waals surface area contributed by atoms with E-state index >= 15 is 0 Å². The maximum absolute atomic E-state index is 10.7. The van der Waals surface area contributed by atoms with E-state index in [1.807, 2.05) is 0 Å². The number of nitrogens with one attached hydrogen (secondary N) is 1. The Balaban J connectivity index is 2.01. The summed E-state index contributed by atoms with van der Waals surface area (Å²) >= 11 is 0. The molecule has 0 spiro atoms.